The summed E-state index contributed by atoms with van der Waals surface area (Å²) < 4.78 is 11.0. The van der Waals surface area contributed by atoms with Crippen molar-refractivity contribution >= 4 is 11.8 Å². The molecule has 1 amide bonds. The van der Waals surface area contributed by atoms with E-state index in [9.17, 15) is 14.9 Å². The monoisotopic (exact) mass is 352 g/mol. The molecule has 1 aromatic rings. The molecule has 25 heavy (non-hydrogen) atoms. The molecule has 1 N–H and O–H groups in total. The fraction of sp³-hybridized carbons (Fsp3) is 0.611. The number of hydrogen-bond donors (Lipinski definition) is 1. The predicted molar refractivity (Wildman–Crippen MR) is 95.1 cm³/mol. The Balaban J connectivity index is 2.58. The number of amides is 1. The molecular formula is C18H28N2O5. The van der Waals surface area contributed by atoms with Crippen molar-refractivity contribution in [2.24, 2.45) is 10.8 Å². The number of carbonyl (C=O) groups excluding carboxylic acids is 1. The lowest BCUT2D eigenvalue weighted by Gasteiger charge is -2.33. The fourth-order valence-electron chi connectivity index (χ4n) is 1.85. The molecule has 0 aliphatic carbocycles. The van der Waals surface area contributed by atoms with Crippen LogP contribution in [0.25, 0.3) is 0 Å². The first-order valence-corrected chi connectivity index (χ1v) is 8.17. The van der Waals surface area contributed by atoms with Crippen LogP contribution < -0.4 is 5.32 Å². The van der Waals surface area contributed by atoms with Crippen molar-refractivity contribution in [3.05, 3.63) is 39.9 Å². The van der Waals surface area contributed by atoms with Gasteiger partial charge in [-0.2, -0.15) is 0 Å². The van der Waals surface area contributed by atoms with E-state index in [1.165, 1.54) is 12.1 Å². The number of non-ortho nitro benzene ring substituents is 1. The van der Waals surface area contributed by atoms with E-state index in [2.05, 4.69) is 26.1 Å². The van der Waals surface area contributed by atoms with Crippen LogP contribution in [0.15, 0.2) is 24.3 Å². The average molecular weight is 352 g/mol. The van der Waals surface area contributed by atoms with Crippen molar-refractivity contribution in [1.82, 2.24) is 5.32 Å². The molecule has 1 aromatic carbocycles. The summed E-state index contributed by atoms with van der Waals surface area (Å²) in [6.45, 7) is 12.6. The second-order valence-corrected chi connectivity index (χ2v) is 8.26. The lowest BCUT2D eigenvalue weighted by molar-refractivity contribution is -0.384. The summed E-state index contributed by atoms with van der Waals surface area (Å²) in [5.74, 6) is 0. The molecule has 0 spiro atoms. The normalized spacial score (nSPS) is 13.2. The van der Waals surface area contributed by atoms with Crippen LogP contribution in [0.5, 0.6) is 0 Å². The minimum Gasteiger partial charge on any atom is -0.445 e. The van der Waals surface area contributed by atoms with Crippen LogP contribution in [0.3, 0.4) is 0 Å². The minimum absolute atomic E-state index is 0.00317. The van der Waals surface area contributed by atoms with Crippen LogP contribution in [0.1, 0.15) is 47.1 Å². The van der Waals surface area contributed by atoms with E-state index in [1.54, 1.807) is 12.1 Å². The standard InChI is InChI=1S/C18H28N2O5/c1-17(2,3)12-25-15(18(4,5)6)19-16(21)24-11-13-7-9-14(10-8-13)20(22)23/h7-10,15H,11-12H2,1-6H3,(H,19,21). The summed E-state index contributed by atoms with van der Waals surface area (Å²) in [6.07, 6.45) is -1.08. The molecule has 0 aromatic heterocycles. The molecule has 0 bridgehead atoms. The number of rotatable bonds is 6. The van der Waals surface area contributed by atoms with Crippen LogP contribution in [0.2, 0.25) is 0 Å². The van der Waals surface area contributed by atoms with Gasteiger partial charge in [-0.1, -0.05) is 41.5 Å². The lowest BCUT2D eigenvalue weighted by atomic mass is 9.93. The van der Waals surface area contributed by atoms with Crippen molar-refractivity contribution in [3.8, 4) is 0 Å². The molecule has 0 saturated heterocycles. The lowest BCUT2D eigenvalue weighted by Crippen LogP contribution is -2.46. The molecule has 0 fully saturated rings. The van der Waals surface area contributed by atoms with Crippen molar-refractivity contribution in [2.45, 2.75) is 54.4 Å². The van der Waals surface area contributed by atoms with Gasteiger partial charge in [-0.05, 0) is 23.1 Å². The molecule has 0 saturated carbocycles. The summed E-state index contributed by atoms with van der Waals surface area (Å²) in [5, 5.41) is 13.4. The zero-order valence-corrected chi connectivity index (χ0v) is 15.8. The number of hydrogen-bond acceptors (Lipinski definition) is 5. The number of nitrogens with one attached hydrogen (secondary N) is 1. The van der Waals surface area contributed by atoms with Gasteiger partial charge in [0.1, 0.15) is 12.8 Å². The van der Waals surface area contributed by atoms with E-state index in [-0.39, 0.29) is 23.1 Å². The van der Waals surface area contributed by atoms with E-state index in [0.717, 1.165) is 0 Å². The largest absolute Gasteiger partial charge is 0.445 e. The SMILES string of the molecule is CC(C)(C)COC(NC(=O)OCc1ccc([N+](=O)[O-])cc1)C(C)(C)C. The van der Waals surface area contributed by atoms with Crippen molar-refractivity contribution in [1.29, 1.82) is 0 Å². The highest BCUT2D eigenvalue weighted by atomic mass is 16.6. The predicted octanol–water partition coefficient (Wildman–Crippen LogP) is 4.26. The van der Waals surface area contributed by atoms with E-state index in [1.807, 2.05) is 20.8 Å². The van der Waals surface area contributed by atoms with Gasteiger partial charge in [-0.25, -0.2) is 4.79 Å². The van der Waals surface area contributed by atoms with Crippen molar-refractivity contribution in [3.63, 3.8) is 0 Å². The third-order valence-electron chi connectivity index (χ3n) is 3.24. The fourth-order valence-corrected chi connectivity index (χ4v) is 1.85. The molecule has 0 heterocycles. The Morgan fingerprint density at radius 2 is 1.72 bits per heavy atom. The van der Waals surface area contributed by atoms with E-state index in [4.69, 9.17) is 9.47 Å². The van der Waals surface area contributed by atoms with Gasteiger partial charge in [0.15, 0.2) is 0 Å². The Morgan fingerprint density at radius 3 is 2.16 bits per heavy atom. The Labute approximate surface area is 148 Å². The summed E-state index contributed by atoms with van der Waals surface area (Å²) in [4.78, 5) is 22.2. The third kappa shape index (κ3) is 7.98. The molecule has 0 aliphatic rings. The van der Waals surface area contributed by atoms with Gasteiger partial charge in [0.25, 0.3) is 5.69 Å². The first-order chi connectivity index (χ1) is 11.4. The Kier molecular flexibility index (Phi) is 6.93. The van der Waals surface area contributed by atoms with Gasteiger partial charge in [0.2, 0.25) is 0 Å². The molecule has 0 radical (unpaired) electrons. The summed E-state index contributed by atoms with van der Waals surface area (Å²) in [7, 11) is 0. The number of carbonyl (C=O) groups is 1. The van der Waals surface area contributed by atoms with E-state index in [0.29, 0.717) is 12.2 Å². The molecule has 1 atom stereocenters. The van der Waals surface area contributed by atoms with E-state index >= 15 is 0 Å². The third-order valence-corrected chi connectivity index (χ3v) is 3.24. The molecule has 1 rings (SSSR count). The number of nitro benzene ring substituents is 1. The van der Waals surface area contributed by atoms with Crippen LogP contribution in [-0.2, 0) is 16.1 Å². The van der Waals surface area contributed by atoms with Crippen LogP contribution in [0.4, 0.5) is 10.5 Å². The molecule has 0 aliphatic heterocycles. The van der Waals surface area contributed by atoms with Crippen LogP contribution in [0, 0.1) is 20.9 Å². The van der Waals surface area contributed by atoms with Crippen LogP contribution >= 0.6 is 0 Å². The first-order valence-electron chi connectivity index (χ1n) is 8.17. The minimum atomic E-state index is -0.591. The number of nitro groups is 1. The van der Waals surface area contributed by atoms with Gasteiger partial charge >= 0.3 is 6.09 Å². The molecule has 7 heteroatoms. The smallest absolute Gasteiger partial charge is 0.409 e. The summed E-state index contributed by atoms with van der Waals surface area (Å²) >= 11 is 0. The second-order valence-electron chi connectivity index (χ2n) is 8.26. The molecule has 1 unspecified atom stereocenters. The number of benzene rings is 1. The Bertz CT molecular complexity index is 585. The Morgan fingerprint density at radius 1 is 1.16 bits per heavy atom. The summed E-state index contributed by atoms with van der Waals surface area (Å²) in [5.41, 5.74) is 0.353. The quantitative estimate of drug-likeness (QED) is 0.469. The maximum Gasteiger partial charge on any atom is 0.409 e. The van der Waals surface area contributed by atoms with Crippen molar-refractivity contribution in [2.75, 3.05) is 6.61 Å². The van der Waals surface area contributed by atoms with Gasteiger partial charge in [0, 0.05) is 17.5 Å². The topological polar surface area (TPSA) is 90.7 Å². The summed E-state index contributed by atoms with van der Waals surface area (Å²) in [6, 6.07) is 5.87. The Hall–Kier alpha value is -2.15. The number of ether oxygens (including phenoxy) is 2. The molecular weight excluding hydrogens is 324 g/mol. The second kappa shape index (κ2) is 8.29. The van der Waals surface area contributed by atoms with Crippen LogP contribution in [-0.4, -0.2) is 23.9 Å². The molecule has 7 nitrogen and oxygen atoms in total. The highest BCUT2D eigenvalue weighted by Crippen LogP contribution is 2.23. The molecule has 140 valence electrons. The van der Waals surface area contributed by atoms with Gasteiger partial charge in [-0.15, -0.1) is 0 Å². The van der Waals surface area contributed by atoms with Gasteiger partial charge < -0.3 is 9.47 Å². The zero-order chi connectivity index (χ0) is 19.3. The zero-order valence-electron chi connectivity index (χ0n) is 15.8. The first kappa shape index (κ1) is 20.9. The maximum atomic E-state index is 12.1. The average Bonchev–Trinajstić information content (AvgIpc) is 2.47. The maximum absolute atomic E-state index is 12.1. The highest BCUT2D eigenvalue weighted by molar-refractivity contribution is 5.67. The van der Waals surface area contributed by atoms with Gasteiger partial charge in [-0.3, -0.25) is 15.4 Å². The highest BCUT2D eigenvalue weighted by Gasteiger charge is 2.29. The number of nitrogens with zero attached hydrogens (tertiary/aromatic N) is 1. The van der Waals surface area contributed by atoms with Gasteiger partial charge in [0.05, 0.1) is 11.5 Å². The van der Waals surface area contributed by atoms with E-state index < -0.39 is 17.2 Å². The number of alkyl carbamates (subject to hydrolysis) is 1. The van der Waals surface area contributed by atoms with Crippen molar-refractivity contribution < 1.29 is 19.2 Å².